The molecule has 1 aromatic carbocycles. The van der Waals surface area contributed by atoms with Crippen molar-refractivity contribution in [2.24, 2.45) is 11.7 Å². The minimum Gasteiger partial charge on any atom is -0.341 e. The van der Waals surface area contributed by atoms with Gasteiger partial charge in [-0.05, 0) is 48.4 Å². The van der Waals surface area contributed by atoms with Gasteiger partial charge in [0.1, 0.15) is 6.04 Å². The molecule has 5 nitrogen and oxygen atoms in total. The summed E-state index contributed by atoms with van der Waals surface area (Å²) in [5.41, 5.74) is 7.66. The Kier molecular flexibility index (Phi) is 6.16. The van der Waals surface area contributed by atoms with Crippen LogP contribution in [0.2, 0.25) is 0 Å². The number of benzene rings is 1. The van der Waals surface area contributed by atoms with Crippen molar-refractivity contribution in [3.05, 3.63) is 35.4 Å². The fourth-order valence-corrected chi connectivity index (χ4v) is 4.87. The minimum atomic E-state index is -0.348. The maximum Gasteiger partial charge on any atom is 0.255 e. The van der Waals surface area contributed by atoms with Crippen LogP contribution < -0.4 is 5.73 Å². The second kappa shape index (κ2) is 8.23. The van der Waals surface area contributed by atoms with Gasteiger partial charge in [-0.2, -0.15) is 0 Å². The summed E-state index contributed by atoms with van der Waals surface area (Å²) in [6, 6.07) is 7.47. The number of amides is 2. The monoisotopic (exact) mass is 389 g/mol. The normalized spacial score (nSPS) is 21.6. The van der Waals surface area contributed by atoms with E-state index in [9.17, 15) is 9.59 Å². The first kappa shape index (κ1) is 20.2. The molecule has 1 unspecified atom stereocenters. The molecule has 2 aliphatic heterocycles. The number of thioether (sulfide) groups is 1. The summed E-state index contributed by atoms with van der Waals surface area (Å²) < 4.78 is 0. The Morgan fingerprint density at radius 2 is 1.78 bits per heavy atom. The molecule has 2 N–H and O–H groups in total. The van der Waals surface area contributed by atoms with Gasteiger partial charge in [0.2, 0.25) is 5.91 Å². The maximum absolute atomic E-state index is 13.0. The van der Waals surface area contributed by atoms with E-state index in [2.05, 4.69) is 20.8 Å². The quantitative estimate of drug-likeness (QED) is 0.863. The van der Waals surface area contributed by atoms with Gasteiger partial charge in [-0.25, -0.2) is 0 Å². The highest BCUT2D eigenvalue weighted by molar-refractivity contribution is 7.99. The van der Waals surface area contributed by atoms with Gasteiger partial charge in [0, 0.05) is 24.4 Å². The topological polar surface area (TPSA) is 66.6 Å². The van der Waals surface area contributed by atoms with Crippen molar-refractivity contribution in [3.63, 3.8) is 0 Å². The Hall–Kier alpha value is -1.53. The number of carbonyl (C=O) groups excluding carboxylic acids is 2. The third-order valence-corrected chi connectivity index (χ3v) is 6.70. The maximum atomic E-state index is 13.0. The molecular formula is C21H31N3O2S. The Morgan fingerprint density at radius 3 is 2.33 bits per heavy atom. The zero-order valence-electron chi connectivity index (χ0n) is 16.6. The number of rotatable bonds is 3. The van der Waals surface area contributed by atoms with E-state index >= 15 is 0 Å². The Morgan fingerprint density at radius 1 is 1.15 bits per heavy atom. The summed E-state index contributed by atoms with van der Waals surface area (Å²) in [6.07, 6.45) is 1.93. The van der Waals surface area contributed by atoms with Crippen molar-refractivity contribution in [1.29, 1.82) is 0 Å². The predicted octanol–water partition coefficient (Wildman–Crippen LogP) is 2.70. The first-order chi connectivity index (χ1) is 12.8. The standard InChI is InChI=1S/C21H31N3O2S/c1-21(2,3)17-6-4-16(5-7-17)19(25)24-14-27-13-18(24)20(26)23-10-8-15(12-22)9-11-23/h4-7,15,18H,8-14,22H2,1-3H3. The summed E-state index contributed by atoms with van der Waals surface area (Å²) in [4.78, 5) is 29.7. The zero-order valence-corrected chi connectivity index (χ0v) is 17.4. The molecule has 2 fully saturated rings. The lowest BCUT2D eigenvalue weighted by molar-refractivity contribution is -0.136. The second-order valence-electron chi connectivity index (χ2n) is 8.62. The van der Waals surface area contributed by atoms with Crippen LogP contribution in [0.3, 0.4) is 0 Å². The molecule has 27 heavy (non-hydrogen) atoms. The van der Waals surface area contributed by atoms with Crippen LogP contribution in [0, 0.1) is 5.92 Å². The van der Waals surface area contributed by atoms with E-state index < -0.39 is 0 Å². The van der Waals surface area contributed by atoms with E-state index in [1.165, 1.54) is 5.56 Å². The van der Waals surface area contributed by atoms with Gasteiger partial charge in [-0.1, -0.05) is 32.9 Å². The van der Waals surface area contributed by atoms with E-state index in [-0.39, 0.29) is 23.3 Å². The molecule has 0 radical (unpaired) electrons. The summed E-state index contributed by atoms with van der Waals surface area (Å²) in [5.74, 6) is 1.83. The van der Waals surface area contributed by atoms with Gasteiger partial charge in [0.25, 0.3) is 5.91 Å². The van der Waals surface area contributed by atoms with Crippen LogP contribution >= 0.6 is 11.8 Å². The number of nitrogens with zero attached hydrogens (tertiary/aromatic N) is 2. The summed E-state index contributed by atoms with van der Waals surface area (Å²) >= 11 is 1.66. The summed E-state index contributed by atoms with van der Waals surface area (Å²) in [6.45, 7) is 8.67. The third-order valence-electron chi connectivity index (χ3n) is 5.69. The van der Waals surface area contributed by atoms with Crippen molar-refractivity contribution in [3.8, 4) is 0 Å². The average molecular weight is 390 g/mol. The molecule has 0 spiro atoms. The van der Waals surface area contributed by atoms with Crippen LogP contribution in [0.15, 0.2) is 24.3 Å². The molecule has 148 valence electrons. The molecule has 0 aliphatic carbocycles. The highest BCUT2D eigenvalue weighted by Gasteiger charge is 2.38. The van der Waals surface area contributed by atoms with Crippen LogP contribution in [-0.2, 0) is 10.2 Å². The minimum absolute atomic E-state index is 0.0457. The number of hydrogen-bond acceptors (Lipinski definition) is 4. The molecule has 2 aliphatic rings. The van der Waals surface area contributed by atoms with Crippen LogP contribution in [0.4, 0.5) is 0 Å². The molecular weight excluding hydrogens is 358 g/mol. The van der Waals surface area contributed by atoms with Gasteiger partial charge >= 0.3 is 0 Å². The summed E-state index contributed by atoms with van der Waals surface area (Å²) in [7, 11) is 0. The van der Waals surface area contributed by atoms with E-state index in [0.717, 1.165) is 25.9 Å². The SMILES string of the molecule is CC(C)(C)c1ccc(C(=O)N2CSCC2C(=O)N2CCC(CN)CC2)cc1. The summed E-state index contributed by atoms with van der Waals surface area (Å²) in [5, 5.41) is 0. The number of hydrogen-bond donors (Lipinski definition) is 1. The molecule has 0 bridgehead atoms. The lowest BCUT2D eigenvalue weighted by Gasteiger charge is -2.35. The lowest BCUT2D eigenvalue weighted by atomic mass is 9.86. The van der Waals surface area contributed by atoms with Gasteiger partial charge in [0.05, 0.1) is 5.88 Å². The van der Waals surface area contributed by atoms with Crippen molar-refractivity contribution in [1.82, 2.24) is 9.80 Å². The molecule has 1 aromatic rings. The lowest BCUT2D eigenvalue weighted by Crippen LogP contribution is -2.51. The van der Waals surface area contributed by atoms with E-state index in [4.69, 9.17) is 5.73 Å². The highest BCUT2D eigenvalue weighted by atomic mass is 32.2. The van der Waals surface area contributed by atoms with E-state index in [1.807, 2.05) is 29.2 Å². The molecule has 6 heteroatoms. The Bertz CT molecular complexity index is 676. The van der Waals surface area contributed by atoms with Crippen molar-refractivity contribution < 1.29 is 9.59 Å². The Labute approximate surface area is 166 Å². The number of likely N-dealkylation sites (tertiary alicyclic amines) is 1. The molecule has 3 rings (SSSR count). The number of carbonyl (C=O) groups is 2. The molecule has 1 atom stereocenters. The van der Waals surface area contributed by atoms with Crippen molar-refractivity contribution >= 4 is 23.6 Å². The molecule has 0 aromatic heterocycles. The van der Waals surface area contributed by atoms with Crippen molar-refractivity contribution in [2.45, 2.75) is 45.1 Å². The smallest absolute Gasteiger partial charge is 0.255 e. The van der Waals surface area contributed by atoms with Gasteiger partial charge in [-0.3, -0.25) is 9.59 Å². The van der Waals surface area contributed by atoms with E-state index in [1.54, 1.807) is 16.7 Å². The first-order valence-corrected chi connectivity index (χ1v) is 10.9. The van der Waals surface area contributed by atoms with Crippen LogP contribution in [0.1, 0.15) is 49.5 Å². The average Bonchev–Trinajstić information content (AvgIpc) is 3.16. The fraction of sp³-hybridized carbons (Fsp3) is 0.619. The zero-order chi connectivity index (χ0) is 19.6. The number of nitrogens with two attached hydrogens (primary N) is 1. The third kappa shape index (κ3) is 4.49. The van der Waals surface area contributed by atoms with E-state index in [0.29, 0.717) is 29.7 Å². The van der Waals surface area contributed by atoms with Gasteiger partial charge in [-0.15, -0.1) is 11.8 Å². The van der Waals surface area contributed by atoms with Crippen LogP contribution in [0.5, 0.6) is 0 Å². The van der Waals surface area contributed by atoms with Crippen molar-refractivity contribution in [2.75, 3.05) is 31.3 Å². The van der Waals surface area contributed by atoms with Gasteiger partial charge < -0.3 is 15.5 Å². The predicted molar refractivity (Wildman–Crippen MR) is 111 cm³/mol. The largest absolute Gasteiger partial charge is 0.341 e. The second-order valence-corrected chi connectivity index (χ2v) is 9.62. The van der Waals surface area contributed by atoms with Crippen LogP contribution in [-0.4, -0.2) is 58.9 Å². The molecule has 2 saturated heterocycles. The highest BCUT2D eigenvalue weighted by Crippen LogP contribution is 2.28. The first-order valence-electron chi connectivity index (χ1n) is 9.79. The number of piperidine rings is 1. The van der Waals surface area contributed by atoms with Gasteiger partial charge in [0.15, 0.2) is 0 Å². The Balaban J connectivity index is 1.68. The molecule has 2 heterocycles. The van der Waals surface area contributed by atoms with Crippen LogP contribution in [0.25, 0.3) is 0 Å². The molecule has 0 saturated carbocycles. The molecule has 2 amide bonds. The fourth-order valence-electron chi connectivity index (χ4n) is 3.73.